The molecule has 0 unspecified atom stereocenters. The lowest BCUT2D eigenvalue weighted by atomic mass is 9.87. The van der Waals surface area contributed by atoms with E-state index >= 15 is 0 Å². The molecule has 3 aromatic rings. The fourth-order valence-corrected chi connectivity index (χ4v) is 4.66. The van der Waals surface area contributed by atoms with Crippen molar-refractivity contribution in [3.05, 3.63) is 81.5 Å². The number of hydrogen-bond acceptors (Lipinski definition) is 2. The first kappa shape index (κ1) is 13.7. The summed E-state index contributed by atoms with van der Waals surface area (Å²) >= 11 is 1.66. The summed E-state index contributed by atoms with van der Waals surface area (Å²) in [6.45, 7) is 2.18. The highest BCUT2D eigenvalue weighted by molar-refractivity contribution is 7.10. The van der Waals surface area contributed by atoms with Crippen molar-refractivity contribution >= 4 is 11.3 Å². The van der Waals surface area contributed by atoms with Crippen molar-refractivity contribution in [1.82, 2.24) is 0 Å². The van der Waals surface area contributed by atoms with Gasteiger partial charge in [-0.25, -0.2) is 0 Å². The predicted octanol–water partition coefficient (Wildman–Crippen LogP) is 4.97. The van der Waals surface area contributed by atoms with Crippen LogP contribution in [0.2, 0.25) is 0 Å². The van der Waals surface area contributed by atoms with Crippen LogP contribution in [0.3, 0.4) is 0 Å². The van der Waals surface area contributed by atoms with Crippen molar-refractivity contribution in [1.29, 1.82) is 0 Å². The van der Waals surface area contributed by atoms with Gasteiger partial charge in [-0.2, -0.15) is 0 Å². The van der Waals surface area contributed by atoms with Gasteiger partial charge in [0.1, 0.15) is 0 Å². The van der Waals surface area contributed by atoms with E-state index in [0.717, 1.165) is 40.0 Å². The molecule has 0 atom stereocenters. The first-order chi connectivity index (χ1) is 10.8. The van der Waals surface area contributed by atoms with E-state index in [1.54, 1.807) is 11.3 Å². The third kappa shape index (κ3) is 1.74. The molecule has 1 heterocycles. The number of hydrogen-bond donors (Lipinski definition) is 1. The summed E-state index contributed by atoms with van der Waals surface area (Å²) in [4.78, 5) is 1.08. The number of thiophene rings is 1. The van der Waals surface area contributed by atoms with E-state index in [4.69, 9.17) is 0 Å². The lowest BCUT2D eigenvalue weighted by Gasteiger charge is -2.26. The molecule has 0 amide bonds. The van der Waals surface area contributed by atoms with Gasteiger partial charge in [-0.1, -0.05) is 61.9 Å². The first-order valence-electron chi connectivity index (χ1n) is 7.75. The van der Waals surface area contributed by atoms with Gasteiger partial charge >= 0.3 is 0 Å². The molecule has 0 bridgehead atoms. The lowest BCUT2D eigenvalue weighted by Crippen LogP contribution is -2.26. The highest BCUT2D eigenvalue weighted by atomic mass is 32.1. The Kier molecular flexibility index (Phi) is 3.17. The third-order valence-electron chi connectivity index (χ3n) is 4.52. The van der Waals surface area contributed by atoms with Crippen LogP contribution in [0.4, 0.5) is 0 Å². The molecule has 2 aromatic carbocycles. The summed E-state index contributed by atoms with van der Waals surface area (Å²) in [5.41, 5.74) is 4.58. The van der Waals surface area contributed by atoms with Crippen molar-refractivity contribution in [2.75, 3.05) is 0 Å². The maximum atomic E-state index is 11.8. The van der Waals surface area contributed by atoms with E-state index in [1.807, 2.05) is 24.3 Å². The molecule has 2 heteroatoms. The topological polar surface area (TPSA) is 20.2 Å². The van der Waals surface area contributed by atoms with Gasteiger partial charge in [0.25, 0.3) is 0 Å². The van der Waals surface area contributed by atoms with Crippen molar-refractivity contribution in [2.45, 2.75) is 25.4 Å². The van der Waals surface area contributed by atoms with Gasteiger partial charge < -0.3 is 5.11 Å². The van der Waals surface area contributed by atoms with Crippen molar-refractivity contribution < 1.29 is 5.11 Å². The van der Waals surface area contributed by atoms with Gasteiger partial charge in [0.2, 0.25) is 0 Å². The average Bonchev–Trinajstić information content (AvgIpc) is 3.12. The van der Waals surface area contributed by atoms with Gasteiger partial charge in [0, 0.05) is 16.0 Å². The van der Waals surface area contributed by atoms with Crippen LogP contribution < -0.4 is 0 Å². The predicted molar refractivity (Wildman–Crippen MR) is 92.3 cm³/mol. The molecular formula is C20H18OS. The van der Waals surface area contributed by atoms with Crippen LogP contribution >= 0.6 is 11.3 Å². The largest absolute Gasteiger partial charge is 0.375 e. The Morgan fingerprint density at radius 3 is 2.09 bits per heavy atom. The summed E-state index contributed by atoms with van der Waals surface area (Å²) in [6, 6.07) is 18.6. The highest BCUT2D eigenvalue weighted by Crippen LogP contribution is 2.52. The molecule has 0 saturated carbocycles. The van der Waals surface area contributed by atoms with Gasteiger partial charge in [0.05, 0.1) is 0 Å². The maximum Gasteiger partial charge on any atom is 0.151 e. The fourth-order valence-electron chi connectivity index (χ4n) is 3.58. The Bertz CT molecular complexity index is 785. The summed E-state index contributed by atoms with van der Waals surface area (Å²) in [6.07, 6.45) is 2.09. The van der Waals surface area contributed by atoms with Crippen LogP contribution in [0, 0.1) is 0 Å². The van der Waals surface area contributed by atoms with Crippen LogP contribution in [0.5, 0.6) is 0 Å². The van der Waals surface area contributed by atoms with Crippen LogP contribution in [-0.4, -0.2) is 5.11 Å². The number of aryl methyl sites for hydroxylation is 1. The molecule has 0 spiro atoms. The SMILES string of the molecule is CCCc1ccsc1C1(O)c2ccccc2-c2ccccc21. The molecule has 1 aliphatic carbocycles. The van der Waals surface area contributed by atoms with E-state index in [9.17, 15) is 5.11 Å². The standard InChI is InChI=1S/C20H18OS/c1-2-7-14-12-13-22-19(14)20(21)17-10-5-3-8-15(17)16-9-4-6-11-18(16)20/h3-6,8-13,21H,2,7H2,1H3. The summed E-state index contributed by atoms with van der Waals surface area (Å²) in [7, 11) is 0. The molecule has 1 aliphatic rings. The molecule has 0 fully saturated rings. The number of benzene rings is 2. The van der Waals surface area contributed by atoms with E-state index < -0.39 is 5.60 Å². The van der Waals surface area contributed by atoms with Gasteiger partial charge in [0.15, 0.2) is 5.60 Å². The zero-order chi connectivity index (χ0) is 15.2. The molecule has 4 rings (SSSR count). The Labute approximate surface area is 134 Å². The Balaban J connectivity index is 2.03. The zero-order valence-electron chi connectivity index (χ0n) is 12.5. The molecule has 0 radical (unpaired) electrons. The minimum absolute atomic E-state index is 1.01. The molecule has 22 heavy (non-hydrogen) atoms. The van der Waals surface area contributed by atoms with Gasteiger partial charge in [-0.3, -0.25) is 0 Å². The summed E-state index contributed by atoms with van der Waals surface area (Å²) < 4.78 is 0. The molecule has 1 nitrogen and oxygen atoms in total. The molecular weight excluding hydrogens is 288 g/mol. The van der Waals surface area contributed by atoms with Crippen LogP contribution in [0.25, 0.3) is 11.1 Å². The second-order valence-electron chi connectivity index (χ2n) is 5.83. The molecule has 1 aromatic heterocycles. The van der Waals surface area contributed by atoms with Crippen LogP contribution in [0.1, 0.15) is 34.9 Å². The number of fused-ring (bicyclic) bond motifs is 3. The van der Waals surface area contributed by atoms with Crippen LogP contribution in [-0.2, 0) is 12.0 Å². The zero-order valence-corrected chi connectivity index (χ0v) is 13.4. The van der Waals surface area contributed by atoms with E-state index in [0.29, 0.717) is 0 Å². The fraction of sp³-hybridized carbons (Fsp3) is 0.200. The van der Waals surface area contributed by atoms with Crippen molar-refractivity contribution in [2.24, 2.45) is 0 Å². The lowest BCUT2D eigenvalue weighted by molar-refractivity contribution is 0.134. The summed E-state index contributed by atoms with van der Waals surface area (Å²) in [5.74, 6) is 0. The summed E-state index contributed by atoms with van der Waals surface area (Å²) in [5, 5.41) is 13.9. The van der Waals surface area contributed by atoms with Crippen molar-refractivity contribution in [3.63, 3.8) is 0 Å². The second-order valence-corrected chi connectivity index (χ2v) is 6.74. The monoisotopic (exact) mass is 306 g/mol. The molecule has 0 aliphatic heterocycles. The normalized spacial score (nSPS) is 14.6. The minimum Gasteiger partial charge on any atom is -0.375 e. The van der Waals surface area contributed by atoms with Crippen molar-refractivity contribution in [3.8, 4) is 11.1 Å². The van der Waals surface area contributed by atoms with E-state index in [-0.39, 0.29) is 0 Å². The highest BCUT2D eigenvalue weighted by Gasteiger charge is 2.44. The first-order valence-corrected chi connectivity index (χ1v) is 8.63. The maximum absolute atomic E-state index is 11.8. The Hall–Kier alpha value is -1.90. The molecule has 110 valence electrons. The average molecular weight is 306 g/mol. The third-order valence-corrected chi connectivity index (χ3v) is 5.58. The second kappa shape index (κ2) is 5.08. The smallest absolute Gasteiger partial charge is 0.151 e. The Morgan fingerprint density at radius 1 is 0.909 bits per heavy atom. The number of rotatable bonds is 3. The van der Waals surface area contributed by atoms with E-state index in [2.05, 4.69) is 42.6 Å². The van der Waals surface area contributed by atoms with Gasteiger partial charge in [-0.05, 0) is 34.6 Å². The quantitative estimate of drug-likeness (QED) is 0.724. The van der Waals surface area contributed by atoms with Crippen LogP contribution in [0.15, 0.2) is 60.0 Å². The molecule has 1 N–H and O–H groups in total. The van der Waals surface area contributed by atoms with E-state index in [1.165, 1.54) is 5.56 Å². The number of aliphatic hydroxyl groups is 1. The minimum atomic E-state index is -1.01. The van der Waals surface area contributed by atoms with Gasteiger partial charge in [-0.15, -0.1) is 11.3 Å². The Morgan fingerprint density at radius 2 is 1.50 bits per heavy atom. The molecule has 0 saturated heterocycles.